The van der Waals surface area contributed by atoms with Gasteiger partial charge in [0, 0.05) is 11.1 Å². The lowest BCUT2D eigenvalue weighted by Crippen LogP contribution is -1.97. The van der Waals surface area contributed by atoms with Gasteiger partial charge in [0.05, 0.1) is 23.6 Å². The number of aliphatic carboxylic acids is 1. The summed E-state index contributed by atoms with van der Waals surface area (Å²) in [5.74, 6) is -1.40. The number of hydrogen-bond donors (Lipinski definition) is 2. The molecule has 0 spiro atoms. The van der Waals surface area contributed by atoms with Crippen LogP contribution in [0.15, 0.2) is 18.2 Å². The molecule has 0 fully saturated rings. The minimum atomic E-state index is -0.901. The average Bonchev–Trinajstić information content (AvgIpc) is 2.69. The maximum atomic E-state index is 13.5. The second kappa shape index (κ2) is 4.26. The predicted octanol–water partition coefficient (Wildman–Crippen LogP) is 2.20. The predicted molar refractivity (Wildman–Crippen MR) is 58.9 cm³/mol. The van der Waals surface area contributed by atoms with Crippen LogP contribution in [-0.4, -0.2) is 16.1 Å². The van der Waals surface area contributed by atoms with Crippen LogP contribution in [0.5, 0.6) is 0 Å². The highest BCUT2D eigenvalue weighted by atomic mass is 19.1. The number of aromatic nitrogens is 1. The molecule has 17 heavy (non-hydrogen) atoms. The van der Waals surface area contributed by atoms with Crippen LogP contribution in [-0.2, 0) is 11.2 Å². The number of fused-ring (bicyclic) bond motifs is 1. The second-order valence-electron chi connectivity index (χ2n) is 3.72. The number of hydrogen-bond acceptors (Lipinski definition) is 2. The van der Waals surface area contributed by atoms with Crippen molar-refractivity contribution in [1.82, 2.24) is 4.98 Å². The van der Waals surface area contributed by atoms with Crippen molar-refractivity contribution in [2.45, 2.75) is 12.8 Å². The molecular formula is C12H9FN2O2. The monoisotopic (exact) mass is 232 g/mol. The Labute approximate surface area is 96.3 Å². The Morgan fingerprint density at radius 2 is 2.24 bits per heavy atom. The SMILES string of the molecule is N#Cc1cc(F)c2[nH]c(CCC(=O)O)cc2c1. The lowest BCUT2D eigenvalue weighted by molar-refractivity contribution is -0.136. The van der Waals surface area contributed by atoms with Crippen LogP contribution in [0.4, 0.5) is 4.39 Å². The van der Waals surface area contributed by atoms with E-state index in [4.69, 9.17) is 10.4 Å². The van der Waals surface area contributed by atoms with E-state index in [1.165, 1.54) is 0 Å². The summed E-state index contributed by atoms with van der Waals surface area (Å²) in [5.41, 5.74) is 1.21. The van der Waals surface area contributed by atoms with Gasteiger partial charge in [-0.05, 0) is 24.6 Å². The van der Waals surface area contributed by atoms with E-state index in [1.807, 2.05) is 6.07 Å². The van der Waals surface area contributed by atoms with E-state index < -0.39 is 11.8 Å². The molecule has 0 saturated heterocycles. The van der Waals surface area contributed by atoms with Crippen molar-refractivity contribution in [3.8, 4) is 6.07 Å². The quantitative estimate of drug-likeness (QED) is 0.851. The topological polar surface area (TPSA) is 76.9 Å². The van der Waals surface area contributed by atoms with Crippen molar-refractivity contribution in [3.05, 3.63) is 35.3 Å². The molecule has 1 heterocycles. The maximum Gasteiger partial charge on any atom is 0.303 e. The van der Waals surface area contributed by atoms with Crippen molar-refractivity contribution in [3.63, 3.8) is 0 Å². The fourth-order valence-electron chi connectivity index (χ4n) is 1.70. The first-order valence-corrected chi connectivity index (χ1v) is 5.03. The standard InChI is InChI=1S/C12H9FN2O2/c13-10-4-7(6-14)3-8-5-9(15-12(8)10)1-2-11(16)17/h3-5,15H,1-2H2,(H,16,17). The molecule has 0 aliphatic carbocycles. The summed E-state index contributed by atoms with van der Waals surface area (Å²) in [4.78, 5) is 13.2. The third-order valence-corrected chi connectivity index (χ3v) is 2.47. The molecule has 2 aromatic rings. The molecule has 5 heteroatoms. The highest BCUT2D eigenvalue weighted by molar-refractivity contribution is 5.82. The molecule has 0 atom stereocenters. The molecule has 2 rings (SSSR count). The molecule has 0 aliphatic rings. The highest BCUT2D eigenvalue weighted by Crippen LogP contribution is 2.21. The number of carbonyl (C=O) groups is 1. The first-order valence-electron chi connectivity index (χ1n) is 5.03. The van der Waals surface area contributed by atoms with Gasteiger partial charge in [-0.25, -0.2) is 4.39 Å². The number of nitrogens with zero attached hydrogens (tertiary/aromatic N) is 1. The van der Waals surface area contributed by atoms with Crippen molar-refractivity contribution in [2.75, 3.05) is 0 Å². The van der Waals surface area contributed by atoms with Crippen molar-refractivity contribution in [2.24, 2.45) is 0 Å². The van der Waals surface area contributed by atoms with Crippen molar-refractivity contribution >= 4 is 16.9 Å². The minimum absolute atomic E-state index is 0.0143. The zero-order valence-corrected chi connectivity index (χ0v) is 8.83. The number of aromatic amines is 1. The number of carboxylic acid groups (broad SMARTS) is 1. The molecule has 1 aromatic heterocycles. The number of aryl methyl sites for hydroxylation is 1. The number of H-pyrrole nitrogens is 1. The van der Waals surface area contributed by atoms with Gasteiger partial charge in [-0.2, -0.15) is 5.26 Å². The van der Waals surface area contributed by atoms with Gasteiger partial charge in [0.25, 0.3) is 0 Å². The Kier molecular flexibility index (Phi) is 2.79. The van der Waals surface area contributed by atoms with Crippen LogP contribution in [0.1, 0.15) is 17.7 Å². The summed E-state index contributed by atoms with van der Waals surface area (Å²) in [7, 11) is 0. The van der Waals surface area contributed by atoms with Crippen LogP contribution in [0.2, 0.25) is 0 Å². The fraction of sp³-hybridized carbons (Fsp3) is 0.167. The molecule has 86 valence electrons. The third-order valence-electron chi connectivity index (χ3n) is 2.47. The smallest absolute Gasteiger partial charge is 0.303 e. The summed E-state index contributed by atoms with van der Waals surface area (Å²) in [6.45, 7) is 0. The van der Waals surface area contributed by atoms with E-state index in [0.29, 0.717) is 23.0 Å². The number of halogens is 1. The zero-order chi connectivity index (χ0) is 12.4. The van der Waals surface area contributed by atoms with Crippen LogP contribution in [0.3, 0.4) is 0 Å². The Hall–Kier alpha value is -2.35. The Bertz CT molecular complexity index is 625. The minimum Gasteiger partial charge on any atom is -0.481 e. The Balaban J connectivity index is 2.40. The van der Waals surface area contributed by atoms with E-state index in [0.717, 1.165) is 6.07 Å². The van der Waals surface area contributed by atoms with Gasteiger partial charge in [-0.15, -0.1) is 0 Å². The molecule has 0 radical (unpaired) electrons. The van der Waals surface area contributed by atoms with E-state index in [9.17, 15) is 9.18 Å². The van der Waals surface area contributed by atoms with Crippen molar-refractivity contribution < 1.29 is 14.3 Å². The van der Waals surface area contributed by atoms with E-state index in [1.54, 1.807) is 12.1 Å². The van der Waals surface area contributed by atoms with Crippen LogP contribution >= 0.6 is 0 Å². The Morgan fingerprint density at radius 3 is 2.88 bits per heavy atom. The first kappa shape index (κ1) is 11.1. The highest BCUT2D eigenvalue weighted by Gasteiger charge is 2.08. The van der Waals surface area contributed by atoms with Gasteiger partial charge in [0.15, 0.2) is 0 Å². The van der Waals surface area contributed by atoms with Crippen LogP contribution in [0.25, 0.3) is 10.9 Å². The number of nitriles is 1. The molecule has 0 aliphatic heterocycles. The molecule has 1 aromatic carbocycles. The largest absolute Gasteiger partial charge is 0.481 e. The van der Waals surface area contributed by atoms with E-state index in [2.05, 4.69) is 4.98 Å². The third kappa shape index (κ3) is 2.26. The molecule has 2 N–H and O–H groups in total. The second-order valence-corrected chi connectivity index (χ2v) is 3.72. The summed E-state index contributed by atoms with van der Waals surface area (Å²) in [6, 6.07) is 6.26. The number of nitrogens with one attached hydrogen (secondary N) is 1. The maximum absolute atomic E-state index is 13.5. The zero-order valence-electron chi connectivity index (χ0n) is 8.83. The van der Waals surface area contributed by atoms with Crippen LogP contribution < -0.4 is 0 Å². The summed E-state index contributed by atoms with van der Waals surface area (Å²) in [6.07, 6.45) is 0.297. The molecular weight excluding hydrogens is 223 g/mol. The van der Waals surface area contributed by atoms with Gasteiger partial charge >= 0.3 is 5.97 Å². The van der Waals surface area contributed by atoms with Gasteiger partial charge in [0.2, 0.25) is 0 Å². The van der Waals surface area contributed by atoms with Gasteiger partial charge in [0.1, 0.15) is 5.82 Å². The summed E-state index contributed by atoms with van der Waals surface area (Å²) >= 11 is 0. The van der Waals surface area contributed by atoms with E-state index >= 15 is 0 Å². The molecule has 0 amide bonds. The van der Waals surface area contributed by atoms with Gasteiger partial charge in [-0.3, -0.25) is 4.79 Å². The van der Waals surface area contributed by atoms with Crippen molar-refractivity contribution in [1.29, 1.82) is 5.26 Å². The number of rotatable bonds is 3. The summed E-state index contributed by atoms with van der Waals surface area (Å²) < 4.78 is 13.5. The lowest BCUT2D eigenvalue weighted by Gasteiger charge is -1.93. The molecule has 0 saturated carbocycles. The number of carboxylic acids is 1. The molecule has 0 unspecified atom stereocenters. The molecule has 0 bridgehead atoms. The number of benzene rings is 1. The molecule has 4 nitrogen and oxygen atoms in total. The summed E-state index contributed by atoms with van der Waals surface area (Å²) in [5, 5.41) is 17.8. The first-order chi connectivity index (χ1) is 8.10. The van der Waals surface area contributed by atoms with Gasteiger partial charge < -0.3 is 10.1 Å². The Morgan fingerprint density at radius 1 is 1.47 bits per heavy atom. The van der Waals surface area contributed by atoms with E-state index in [-0.39, 0.29) is 12.0 Å². The van der Waals surface area contributed by atoms with Crippen LogP contribution in [0, 0.1) is 17.1 Å². The normalized spacial score (nSPS) is 10.4. The average molecular weight is 232 g/mol. The lowest BCUT2D eigenvalue weighted by atomic mass is 10.1. The van der Waals surface area contributed by atoms with Gasteiger partial charge in [-0.1, -0.05) is 0 Å². The fourth-order valence-corrected chi connectivity index (χ4v) is 1.70.